The number of hydrogen-bond donors (Lipinski definition) is 1. The molecule has 2 saturated carbocycles. The molecule has 3 rings (SSSR count). The Labute approximate surface area is 90.5 Å². The minimum absolute atomic E-state index is 0.451. The minimum Gasteiger partial charge on any atom is -0.480 e. The van der Waals surface area contributed by atoms with Crippen molar-refractivity contribution in [3.63, 3.8) is 0 Å². The predicted molar refractivity (Wildman–Crippen MR) is 56.7 cm³/mol. The molecule has 0 aromatic carbocycles. The van der Waals surface area contributed by atoms with Gasteiger partial charge in [0.2, 0.25) is 0 Å². The van der Waals surface area contributed by atoms with E-state index in [0.717, 1.165) is 32.4 Å². The summed E-state index contributed by atoms with van der Waals surface area (Å²) < 4.78 is 0. The van der Waals surface area contributed by atoms with Crippen LogP contribution in [0.1, 0.15) is 44.9 Å². The standard InChI is InChI=1S/C12H19NO2/c14-10(15)12(6-3-7-12)13-8-11(9-13)4-1-2-5-11/h1-9H2,(H,14,15). The Hall–Kier alpha value is -0.570. The zero-order chi connectivity index (χ0) is 10.5. The normalized spacial score (nSPS) is 32.3. The second-order valence-corrected chi connectivity index (χ2v) is 5.75. The van der Waals surface area contributed by atoms with Crippen LogP contribution in [0.15, 0.2) is 0 Å². The zero-order valence-corrected chi connectivity index (χ0v) is 9.17. The highest BCUT2D eigenvalue weighted by molar-refractivity contribution is 5.80. The second kappa shape index (κ2) is 2.97. The lowest BCUT2D eigenvalue weighted by atomic mass is 9.68. The van der Waals surface area contributed by atoms with Crippen LogP contribution in [0.25, 0.3) is 0 Å². The van der Waals surface area contributed by atoms with Crippen LogP contribution in [-0.4, -0.2) is 34.6 Å². The molecule has 0 unspecified atom stereocenters. The molecular weight excluding hydrogens is 190 g/mol. The number of nitrogens with zero attached hydrogens (tertiary/aromatic N) is 1. The lowest BCUT2D eigenvalue weighted by molar-refractivity contribution is -0.173. The summed E-state index contributed by atoms with van der Waals surface area (Å²) in [6.07, 6.45) is 8.22. The van der Waals surface area contributed by atoms with Crippen molar-refractivity contribution >= 4 is 5.97 Å². The zero-order valence-electron chi connectivity index (χ0n) is 9.17. The molecule has 0 radical (unpaired) electrons. The van der Waals surface area contributed by atoms with Gasteiger partial charge in [-0.15, -0.1) is 0 Å². The van der Waals surface area contributed by atoms with Gasteiger partial charge in [-0.05, 0) is 37.5 Å². The van der Waals surface area contributed by atoms with Gasteiger partial charge in [0.05, 0.1) is 0 Å². The number of carboxylic acid groups (broad SMARTS) is 1. The number of hydrogen-bond acceptors (Lipinski definition) is 2. The van der Waals surface area contributed by atoms with Crippen LogP contribution in [0, 0.1) is 5.41 Å². The molecule has 84 valence electrons. The summed E-state index contributed by atoms with van der Waals surface area (Å²) >= 11 is 0. The van der Waals surface area contributed by atoms with E-state index < -0.39 is 11.5 Å². The average molecular weight is 209 g/mol. The van der Waals surface area contributed by atoms with Crippen LogP contribution < -0.4 is 0 Å². The Bertz CT molecular complexity index is 282. The summed E-state index contributed by atoms with van der Waals surface area (Å²) in [5.74, 6) is -0.582. The maximum atomic E-state index is 11.3. The third-order valence-electron chi connectivity index (χ3n) is 4.90. The fraction of sp³-hybridized carbons (Fsp3) is 0.917. The van der Waals surface area contributed by atoms with Gasteiger partial charge >= 0.3 is 5.97 Å². The van der Waals surface area contributed by atoms with Crippen LogP contribution in [0.3, 0.4) is 0 Å². The highest BCUT2D eigenvalue weighted by atomic mass is 16.4. The Morgan fingerprint density at radius 2 is 1.60 bits per heavy atom. The van der Waals surface area contributed by atoms with Crippen molar-refractivity contribution in [2.45, 2.75) is 50.5 Å². The molecule has 0 atom stereocenters. The Morgan fingerprint density at radius 1 is 1.00 bits per heavy atom. The van der Waals surface area contributed by atoms with E-state index in [1.807, 2.05) is 0 Å². The maximum absolute atomic E-state index is 11.3. The third kappa shape index (κ3) is 1.19. The molecule has 1 N–H and O–H groups in total. The summed E-state index contributed by atoms with van der Waals surface area (Å²) in [4.78, 5) is 13.5. The quantitative estimate of drug-likeness (QED) is 0.754. The first-order valence-corrected chi connectivity index (χ1v) is 6.16. The molecule has 0 bridgehead atoms. The molecule has 3 nitrogen and oxygen atoms in total. The Kier molecular flexibility index (Phi) is 1.91. The van der Waals surface area contributed by atoms with E-state index in [1.54, 1.807) is 0 Å². The average Bonchev–Trinajstić information content (AvgIpc) is 2.48. The van der Waals surface area contributed by atoms with Gasteiger partial charge < -0.3 is 5.11 Å². The Balaban J connectivity index is 1.68. The van der Waals surface area contributed by atoms with E-state index in [2.05, 4.69) is 4.90 Å². The first-order valence-electron chi connectivity index (χ1n) is 6.16. The Morgan fingerprint density at radius 3 is 2.00 bits per heavy atom. The maximum Gasteiger partial charge on any atom is 0.324 e. The summed E-state index contributed by atoms with van der Waals surface area (Å²) in [6.45, 7) is 2.11. The molecule has 1 heterocycles. The van der Waals surface area contributed by atoms with Crippen LogP contribution in [0.2, 0.25) is 0 Å². The van der Waals surface area contributed by atoms with Gasteiger partial charge in [-0.2, -0.15) is 0 Å². The summed E-state index contributed by atoms with van der Waals surface area (Å²) in [5, 5.41) is 9.31. The topological polar surface area (TPSA) is 40.5 Å². The van der Waals surface area contributed by atoms with Crippen molar-refractivity contribution in [1.82, 2.24) is 4.90 Å². The number of carbonyl (C=O) groups is 1. The number of carboxylic acids is 1. The van der Waals surface area contributed by atoms with Crippen molar-refractivity contribution in [2.75, 3.05) is 13.1 Å². The van der Waals surface area contributed by atoms with Crippen molar-refractivity contribution in [3.05, 3.63) is 0 Å². The molecule has 0 aromatic rings. The van der Waals surface area contributed by atoms with Gasteiger partial charge in [0.1, 0.15) is 5.54 Å². The fourth-order valence-corrected chi connectivity index (χ4v) is 3.68. The highest BCUT2D eigenvalue weighted by Gasteiger charge is 2.57. The lowest BCUT2D eigenvalue weighted by Crippen LogP contribution is -2.69. The molecule has 3 heteroatoms. The summed E-state index contributed by atoms with van der Waals surface area (Å²) in [5.41, 5.74) is 0.0753. The van der Waals surface area contributed by atoms with E-state index in [-0.39, 0.29) is 0 Å². The highest BCUT2D eigenvalue weighted by Crippen LogP contribution is 2.51. The SMILES string of the molecule is O=C(O)C1(N2CC3(CCCC3)C2)CCC1. The van der Waals surface area contributed by atoms with Gasteiger partial charge in [-0.1, -0.05) is 12.8 Å². The molecule has 15 heavy (non-hydrogen) atoms. The van der Waals surface area contributed by atoms with Gasteiger partial charge in [-0.25, -0.2) is 0 Å². The lowest BCUT2D eigenvalue weighted by Gasteiger charge is -2.59. The molecule has 2 aliphatic carbocycles. The van der Waals surface area contributed by atoms with E-state index in [4.69, 9.17) is 0 Å². The van der Waals surface area contributed by atoms with Crippen molar-refractivity contribution in [1.29, 1.82) is 0 Å². The summed E-state index contributed by atoms with van der Waals surface area (Å²) in [7, 11) is 0. The van der Waals surface area contributed by atoms with Crippen LogP contribution in [-0.2, 0) is 4.79 Å². The molecule has 0 amide bonds. The van der Waals surface area contributed by atoms with E-state index in [9.17, 15) is 9.90 Å². The molecule has 3 aliphatic rings. The van der Waals surface area contributed by atoms with Crippen LogP contribution in [0.5, 0.6) is 0 Å². The minimum atomic E-state index is -0.582. The molecule has 1 saturated heterocycles. The second-order valence-electron chi connectivity index (χ2n) is 5.75. The number of likely N-dealkylation sites (tertiary alicyclic amines) is 1. The number of aliphatic carboxylic acids is 1. The van der Waals surface area contributed by atoms with Gasteiger partial charge in [0.25, 0.3) is 0 Å². The third-order valence-corrected chi connectivity index (χ3v) is 4.90. The van der Waals surface area contributed by atoms with Gasteiger partial charge in [0.15, 0.2) is 0 Å². The fourth-order valence-electron chi connectivity index (χ4n) is 3.68. The van der Waals surface area contributed by atoms with Gasteiger partial charge in [0, 0.05) is 13.1 Å². The predicted octanol–water partition coefficient (Wildman–Crippen LogP) is 1.87. The molecule has 0 aromatic heterocycles. The summed E-state index contributed by atoms with van der Waals surface area (Å²) in [6, 6.07) is 0. The smallest absolute Gasteiger partial charge is 0.324 e. The van der Waals surface area contributed by atoms with Crippen molar-refractivity contribution < 1.29 is 9.90 Å². The molecule has 1 aliphatic heterocycles. The van der Waals surface area contributed by atoms with E-state index in [0.29, 0.717) is 5.41 Å². The van der Waals surface area contributed by atoms with E-state index in [1.165, 1.54) is 25.7 Å². The van der Waals surface area contributed by atoms with Crippen LogP contribution in [0.4, 0.5) is 0 Å². The monoisotopic (exact) mass is 209 g/mol. The van der Waals surface area contributed by atoms with Crippen molar-refractivity contribution in [2.24, 2.45) is 5.41 Å². The number of rotatable bonds is 2. The van der Waals surface area contributed by atoms with Crippen LogP contribution >= 0.6 is 0 Å². The first kappa shape index (κ1) is 9.64. The largest absolute Gasteiger partial charge is 0.480 e. The van der Waals surface area contributed by atoms with Crippen molar-refractivity contribution in [3.8, 4) is 0 Å². The first-order chi connectivity index (χ1) is 7.17. The molecule has 3 fully saturated rings. The van der Waals surface area contributed by atoms with E-state index >= 15 is 0 Å². The molecular formula is C12H19NO2. The van der Waals surface area contributed by atoms with Gasteiger partial charge in [-0.3, -0.25) is 9.69 Å². The molecule has 1 spiro atoms.